The zero-order valence-corrected chi connectivity index (χ0v) is 13.2. The second-order valence-corrected chi connectivity index (χ2v) is 5.46. The average molecular weight is 324 g/mol. The molecule has 0 fully saturated rings. The summed E-state index contributed by atoms with van der Waals surface area (Å²) in [7, 11) is 0. The van der Waals surface area contributed by atoms with Crippen LogP contribution in [0.2, 0.25) is 0 Å². The van der Waals surface area contributed by atoms with E-state index in [1.807, 2.05) is 32.9 Å². The number of hydrogen-bond donors (Lipinski definition) is 1. The molecule has 1 N–H and O–H groups in total. The van der Waals surface area contributed by atoms with E-state index in [4.69, 9.17) is 4.52 Å². The molecule has 1 unspecified atom stereocenters. The Morgan fingerprint density at radius 1 is 1.26 bits per heavy atom. The molecule has 19 heavy (non-hydrogen) atoms. The first-order valence-electron chi connectivity index (χ1n) is 6.35. The number of halogens is 1. The molecule has 0 amide bonds. The van der Waals surface area contributed by atoms with Gasteiger partial charge in [0.2, 0.25) is 0 Å². The fourth-order valence-electron chi connectivity index (χ4n) is 2.17. The van der Waals surface area contributed by atoms with Crippen molar-refractivity contribution in [2.75, 3.05) is 5.32 Å². The molecule has 0 bridgehead atoms. The van der Waals surface area contributed by atoms with Crippen molar-refractivity contribution in [1.29, 1.82) is 0 Å². The summed E-state index contributed by atoms with van der Waals surface area (Å²) >= 11 is 3.46. The van der Waals surface area contributed by atoms with E-state index in [-0.39, 0.29) is 6.04 Å². The van der Waals surface area contributed by atoms with E-state index < -0.39 is 0 Å². The molecule has 0 aliphatic carbocycles. The molecule has 4 nitrogen and oxygen atoms in total. The molecule has 2 rings (SSSR count). The molecule has 0 radical (unpaired) electrons. The van der Waals surface area contributed by atoms with Crippen molar-refractivity contribution in [3.63, 3.8) is 0 Å². The van der Waals surface area contributed by atoms with Crippen LogP contribution in [0.5, 0.6) is 0 Å². The van der Waals surface area contributed by atoms with Crippen molar-refractivity contribution in [3.05, 3.63) is 39.3 Å². The molecule has 2 heterocycles. The van der Waals surface area contributed by atoms with Crippen LogP contribution in [0.4, 0.5) is 5.82 Å². The molecule has 0 aliphatic rings. The topological polar surface area (TPSA) is 51.0 Å². The van der Waals surface area contributed by atoms with Gasteiger partial charge in [-0.05, 0) is 55.3 Å². The fraction of sp³-hybridized carbons (Fsp3) is 0.429. The van der Waals surface area contributed by atoms with Crippen molar-refractivity contribution in [1.82, 2.24) is 10.1 Å². The number of aromatic nitrogens is 2. The van der Waals surface area contributed by atoms with Crippen LogP contribution in [0.15, 0.2) is 21.1 Å². The zero-order valence-electron chi connectivity index (χ0n) is 11.6. The molecule has 102 valence electrons. The maximum Gasteiger partial charge on any atom is 0.139 e. The third-order valence-electron chi connectivity index (χ3n) is 3.19. The van der Waals surface area contributed by atoms with Gasteiger partial charge in [0.15, 0.2) is 0 Å². The summed E-state index contributed by atoms with van der Waals surface area (Å²) in [4.78, 5) is 4.52. The van der Waals surface area contributed by atoms with Gasteiger partial charge in [-0.15, -0.1) is 0 Å². The summed E-state index contributed by atoms with van der Waals surface area (Å²) in [5.41, 5.74) is 3.04. The normalized spacial score (nSPS) is 12.5. The van der Waals surface area contributed by atoms with Gasteiger partial charge in [0, 0.05) is 10.0 Å². The number of rotatable bonds is 4. The summed E-state index contributed by atoms with van der Waals surface area (Å²) in [6, 6.07) is 4.14. The Balaban J connectivity index is 2.26. The first kappa shape index (κ1) is 14.1. The third-order valence-corrected chi connectivity index (χ3v) is 4.03. The van der Waals surface area contributed by atoms with E-state index in [9.17, 15) is 0 Å². The zero-order chi connectivity index (χ0) is 14.0. The number of aryl methyl sites for hydroxylation is 3. The lowest BCUT2D eigenvalue weighted by molar-refractivity contribution is 0.391. The molecule has 0 aliphatic heterocycles. The predicted octanol–water partition coefficient (Wildman–Crippen LogP) is 4.32. The van der Waals surface area contributed by atoms with Gasteiger partial charge in [-0.1, -0.05) is 12.1 Å². The highest BCUT2D eigenvalue weighted by molar-refractivity contribution is 9.10. The maximum absolute atomic E-state index is 5.24. The van der Waals surface area contributed by atoms with Crippen LogP contribution in [0.25, 0.3) is 0 Å². The van der Waals surface area contributed by atoms with E-state index in [1.165, 1.54) is 0 Å². The number of anilines is 1. The monoisotopic (exact) mass is 323 g/mol. The Hall–Kier alpha value is -1.36. The number of nitrogens with zero attached hydrogens (tertiary/aromatic N) is 2. The molecule has 5 heteroatoms. The van der Waals surface area contributed by atoms with Gasteiger partial charge < -0.3 is 9.84 Å². The Morgan fingerprint density at radius 3 is 2.53 bits per heavy atom. The van der Waals surface area contributed by atoms with Crippen LogP contribution in [0, 0.1) is 20.8 Å². The molecule has 0 spiro atoms. The highest BCUT2D eigenvalue weighted by atomic mass is 79.9. The molecule has 0 saturated heterocycles. The Bertz CT molecular complexity index is 561. The van der Waals surface area contributed by atoms with Crippen molar-refractivity contribution in [2.24, 2.45) is 0 Å². The summed E-state index contributed by atoms with van der Waals surface area (Å²) in [6.45, 7) is 8.03. The van der Waals surface area contributed by atoms with Crippen molar-refractivity contribution in [2.45, 2.75) is 40.2 Å². The van der Waals surface area contributed by atoms with Crippen molar-refractivity contribution < 1.29 is 4.52 Å². The van der Waals surface area contributed by atoms with Gasteiger partial charge >= 0.3 is 0 Å². The van der Waals surface area contributed by atoms with Crippen LogP contribution in [-0.4, -0.2) is 10.1 Å². The number of nitrogens with one attached hydrogen (secondary N) is 1. The third kappa shape index (κ3) is 2.97. The Labute approximate surface area is 121 Å². The van der Waals surface area contributed by atoms with Crippen LogP contribution in [-0.2, 0) is 0 Å². The molecular formula is C14H18BrN3O. The van der Waals surface area contributed by atoms with E-state index >= 15 is 0 Å². The van der Waals surface area contributed by atoms with Crippen LogP contribution in [0.3, 0.4) is 0 Å². The fourth-order valence-corrected chi connectivity index (χ4v) is 2.39. The molecular weight excluding hydrogens is 306 g/mol. The minimum absolute atomic E-state index is 0.166. The smallest absolute Gasteiger partial charge is 0.139 e. The van der Waals surface area contributed by atoms with Gasteiger partial charge in [0.25, 0.3) is 0 Å². The predicted molar refractivity (Wildman–Crippen MR) is 79.3 cm³/mol. The molecule has 1 atom stereocenters. The number of hydrogen-bond acceptors (Lipinski definition) is 4. The van der Waals surface area contributed by atoms with Crippen LogP contribution in [0.1, 0.15) is 42.1 Å². The largest absolute Gasteiger partial charge is 0.363 e. The quantitative estimate of drug-likeness (QED) is 0.910. The maximum atomic E-state index is 5.24. The lowest BCUT2D eigenvalue weighted by Gasteiger charge is -2.18. The van der Waals surface area contributed by atoms with Gasteiger partial charge in [-0.2, -0.15) is 0 Å². The average Bonchev–Trinajstić information content (AvgIpc) is 2.71. The van der Waals surface area contributed by atoms with Crippen molar-refractivity contribution in [3.8, 4) is 0 Å². The van der Waals surface area contributed by atoms with E-state index in [0.29, 0.717) is 0 Å². The second-order valence-electron chi connectivity index (χ2n) is 4.61. The highest BCUT2D eigenvalue weighted by Crippen LogP contribution is 2.28. The van der Waals surface area contributed by atoms with Crippen LogP contribution < -0.4 is 5.32 Å². The van der Waals surface area contributed by atoms with Gasteiger partial charge in [0.05, 0.1) is 17.4 Å². The first-order valence-corrected chi connectivity index (χ1v) is 7.14. The standard InChI is InChI=1S/C14H18BrN3O/c1-5-12(14-9(3)18-19-10(14)4)17-13-7-6-11(15)8(2)16-13/h6-7,12H,5H2,1-4H3,(H,16,17). The van der Waals surface area contributed by atoms with Gasteiger partial charge in [0.1, 0.15) is 11.6 Å². The van der Waals surface area contributed by atoms with Gasteiger partial charge in [-0.3, -0.25) is 0 Å². The van der Waals surface area contributed by atoms with Crippen molar-refractivity contribution >= 4 is 21.7 Å². The highest BCUT2D eigenvalue weighted by Gasteiger charge is 2.19. The summed E-state index contributed by atoms with van der Waals surface area (Å²) in [5, 5.41) is 7.46. The van der Waals surface area contributed by atoms with E-state index in [1.54, 1.807) is 0 Å². The minimum Gasteiger partial charge on any atom is -0.363 e. The van der Waals surface area contributed by atoms with Crippen LogP contribution >= 0.6 is 15.9 Å². The first-order chi connectivity index (χ1) is 9.02. The molecule has 2 aromatic rings. The lowest BCUT2D eigenvalue weighted by Crippen LogP contribution is -2.12. The van der Waals surface area contributed by atoms with Gasteiger partial charge in [-0.25, -0.2) is 4.98 Å². The number of pyridine rings is 1. The minimum atomic E-state index is 0.166. The molecule has 0 aromatic carbocycles. The Kier molecular flexibility index (Phi) is 4.24. The molecule has 2 aromatic heterocycles. The van der Waals surface area contributed by atoms with E-state index in [0.717, 1.165) is 39.4 Å². The summed E-state index contributed by atoms with van der Waals surface area (Å²) < 4.78 is 6.26. The second kappa shape index (κ2) is 5.74. The molecule has 0 saturated carbocycles. The summed E-state index contributed by atoms with van der Waals surface area (Å²) in [6.07, 6.45) is 0.944. The summed E-state index contributed by atoms with van der Waals surface area (Å²) in [5.74, 6) is 1.73. The Morgan fingerprint density at radius 2 is 2.00 bits per heavy atom. The van der Waals surface area contributed by atoms with E-state index in [2.05, 4.69) is 38.3 Å². The lowest BCUT2D eigenvalue weighted by atomic mass is 10.0. The SMILES string of the molecule is CCC(Nc1ccc(Br)c(C)n1)c1c(C)noc1C.